The molecule has 0 aliphatic carbocycles. The number of hydrogen-bond donors (Lipinski definition) is 2. The number of rotatable bonds is 4. The molecule has 0 bridgehead atoms. The van der Waals surface area contributed by atoms with Gasteiger partial charge in [-0.1, -0.05) is 0 Å². The first-order valence-corrected chi connectivity index (χ1v) is 12.0. The molecule has 0 amide bonds. The average Bonchev–Trinajstić information content (AvgIpc) is 3.62. The topological polar surface area (TPSA) is 108 Å². The van der Waals surface area contributed by atoms with Crippen molar-refractivity contribution in [3.05, 3.63) is 53.8 Å². The van der Waals surface area contributed by atoms with Crippen LogP contribution in [-0.4, -0.2) is 40.9 Å². The van der Waals surface area contributed by atoms with Crippen LogP contribution in [0.15, 0.2) is 53.3 Å². The van der Waals surface area contributed by atoms with Crippen molar-refractivity contribution in [3.8, 4) is 22.5 Å². The Labute approximate surface area is 199 Å². The minimum Gasteiger partial charge on any atom is -0.465 e. The van der Waals surface area contributed by atoms with E-state index < -0.39 is 0 Å². The van der Waals surface area contributed by atoms with Crippen LogP contribution in [0.3, 0.4) is 0 Å². The summed E-state index contributed by atoms with van der Waals surface area (Å²) in [5.74, 6) is 0.703. The monoisotopic (exact) mass is 473 g/mol. The molecule has 3 N–H and O–H groups in total. The summed E-state index contributed by atoms with van der Waals surface area (Å²) in [6.45, 7) is 2.02. The van der Waals surface area contributed by atoms with Crippen LogP contribution in [0.5, 0.6) is 0 Å². The van der Waals surface area contributed by atoms with Crippen molar-refractivity contribution < 1.29 is 13.9 Å². The molecule has 6 rings (SSSR count). The Balaban J connectivity index is 1.40. The van der Waals surface area contributed by atoms with Crippen LogP contribution in [0.1, 0.15) is 28.6 Å². The fourth-order valence-corrected chi connectivity index (χ4v) is 5.52. The van der Waals surface area contributed by atoms with Crippen LogP contribution in [-0.2, 0) is 4.74 Å². The third kappa shape index (κ3) is 3.53. The van der Waals surface area contributed by atoms with Crippen LogP contribution >= 0.6 is 11.3 Å². The molecule has 1 fully saturated rings. The first-order valence-electron chi connectivity index (χ1n) is 11.2. The first kappa shape index (κ1) is 20.9. The number of nitrogens with two attached hydrogens (primary N) is 1. The second kappa shape index (κ2) is 8.27. The summed E-state index contributed by atoms with van der Waals surface area (Å²) in [5, 5.41) is 9.88. The lowest BCUT2D eigenvalue weighted by molar-refractivity contribution is 0.0606. The van der Waals surface area contributed by atoms with Gasteiger partial charge >= 0.3 is 5.97 Å². The lowest BCUT2D eigenvalue weighted by atomic mass is 10.1. The van der Waals surface area contributed by atoms with Crippen molar-refractivity contribution >= 4 is 44.2 Å². The molecule has 0 saturated carbocycles. The van der Waals surface area contributed by atoms with Crippen molar-refractivity contribution in [2.24, 2.45) is 0 Å². The number of anilines is 1. The van der Waals surface area contributed by atoms with Gasteiger partial charge in [0.1, 0.15) is 10.6 Å². The highest BCUT2D eigenvalue weighted by Gasteiger charge is 2.19. The van der Waals surface area contributed by atoms with Crippen LogP contribution in [0.2, 0.25) is 0 Å². The number of furan rings is 1. The minimum atomic E-state index is -0.333. The summed E-state index contributed by atoms with van der Waals surface area (Å²) >= 11 is 1.41. The molecule has 9 heteroatoms. The third-order valence-corrected chi connectivity index (χ3v) is 7.47. The van der Waals surface area contributed by atoms with Crippen LogP contribution in [0, 0.1) is 0 Å². The first-order chi connectivity index (χ1) is 16.6. The van der Waals surface area contributed by atoms with E-state index in [1.54, 1.807) is 6.20 Å². The van der Waals surface area contributed by atoms with Gasteiger partial charge in [0, 0.05) is 39.2 Å². The fourth-order valence-electron chi connectivity index (χ4n) is 4.56. The summed E-state index contributed by atoms with van der Waals surface area (Å²) < 4.78 is 14.1. The lowest BCUT2D eigenvalue weighted by Crippen LogP contribution is -2.29. The van der Waals surface area contributed by atoms with Crippen molar-refractivity contribution in [2.45, 2.75) is 18.9 Å². The molecule has 1 saturated heterocycles. The van der Waals surface area contributed by atoms with Crippen molar-refractivity contribution in [1.29, 1.82) is 0 Å². The molecule has 1 aliphatic heterocycles. The summed E-state index contributed by atoms with van der Waals surface area (Å²) in [5.41, 5.74) is 9.55. The van der Waals surface area contributed by atoms with E-state index >= 15 is 0 Å². The van der Waals surface area contributed by atoms with Gasteiger partial charge in [-0.25, -0.2) is 9.78 Å². The Kier molecular flexibility index (Phi) is 5.08. The molecule has 4 aromatic heterocycles. The van der Waals surface area contributed by atoms with E-state index in [0.717, 1.165) is 58.1 Å². The van der Waals surface area contributed by atoms with Crippen LogP contribution in [0.25, 0.3) is 43.5 Å². The van der Waals surface area contributed by atoms with Crippen molar-refractivity contribution in [2.75, 3.05) is 25.9 Å². The zero-order chi connectivity index (χ0) is 23.2. The summed E-state index contributed by atoms with van der Waals surface area (Å²) in [6.07, 6.45) is 7.88. The molecule has 8 nitrogen and oxygen atoms in total. The van der Waals surface area contributed by atoms with Crippen LogP contribution in [0.4, 0.5) is 5.82 Å². The molecule has 1 aliphatic rings. The molecule has 172 valence electrons. The van der Waals surface area contributed by atoms with Gasteiger partial charge in [-0.15, -0.1) is 11.3 Å². The third-order valence-electron chi connectivity index (χ3n) is 6.37. The number of carbonyl (C=O) groups excluding carboxylic acids is 1. The van der Waals surface area contributed by atoms with Gasteiger partial charge in [0.15, 0.2) is 11.4 Å². The number of methoxy groups -OCH3 is 1. The molecular weight excluding hydrogens is 450 g/mol. The number of nitrogens with zero attached hydrogens (tertiary/aromatic N) is 3. The van der Waals surface area contributed by atoms with E-state index in [0.29, 0.717) is 28.1 Å². The van der Waals surface area contributed by atoms with E-state index in [2.05, 4.69) is 26.3 Å². The van der Waals surface area contributed by atoms with Gasteiger partial charge in [-0.05, 0) is 61.6 Å². The Bertz CT molecular complexity index is 1530. The number of esters is 1. The Morgan fingerprint density at radius 1 is 1.21 bits per heavy atom. The van der Waals surface area contributed by atoms with E-state index in [9.17, 15) is 4.79 Å². The van der Waals surface area contributed by atoms with Gasteiger partial charge in [0.05, 0.1) is 19.3 Å². The molecule has 5 heterocycles. The molecule has 0 radical (unpaired) electrons. The maximum Gasteiger partial charge on any atom is 0.348 e. The number of pyridine rings is 1. The average molecular weight is 474 g/mol. The van der Waals surface area contributed by atoms with Gasteiger partial charge in [0.2, 0.25) is 0 Å². The maximum atomic E-state index is 11.9. The number of carbonyl (C=O) groups is 1. The van der Waals surface area contributed by atoms with E-state index in [4.69, 9.17) is 14.9 Å². The predicted molar refractivity (Wildman–Crippen MR) is 133 cm³/mol. The molecule has 34 heavy (non-hydrogen) atoms. The highest BCUT2D eigenvalue weighted by molar-refractivity contribution is 7.20. The van der Waals surface area contributed by atoms with Gasteiger partial charge < -0.3 is 20.2 Å². The molecule has 5 aromatic rings. The quantitative estimate of drug-likeness (QED) is 0.359. The number of ether oxygens (including phenoxy) is 1. The summed E-state index contributed by atoms with van der Waals surface area (Å²) in [4.78, 5) is 16.9. The number of nitrogen functional groups attached to an aromatic ring is 1. The van der Waals surface area contributed by atoms with E-state index in [1.807, 2.05) is 36.5 Å². The second-order valence-corrected chi connectivity index (χ2v) is 9.54. The Morgan fingerprint density at radius 2 is 2.06 bits per heavy atom. The van der Waals surface area contributed by atoms with Crippen molar-refractivity contribution in [1.82, 2.24) is 20.1 Å². The van der Waals surface area contributed by atoms with Crippen molar-refractivity contribution in [3.63, 3.8) is 0 Å². The minimum absolute atomic E-state index is 0.333. The largest absolute Gasteiger partial charge is 0.465 e. The number of nitrogens with one attached hydrogen (secondary N) is 1. The number of fused-ring (bicyclic) bond motifs is 2. The number of piperidine rings is 1. The highest BCUT2D eigenvalue weighted by atomic mass is 32.1. The predicted octanol–water partition coefficient (Wildman–Crippen LogP) is 4.87. The van der Waals surface area contributed by atoms with E-state index in [1.165, 1.54) is 18.4 Å². The zero-order valence-corrected chi connectivity index (χ0v) is 19.4. The summed E-state index contributed by atoms with van der Waals surface area (Å²) in [6, 6.07) is 10.2. The number of hydrogen-bond acceptors (Lipinski definition) is 8. The molecule has 0 spiro atoms. The van der Waals surface area contributed by atoms with Gasteiger partial charge in [-0.3, -0.25) is 4.68 Å². The zero-order valence-electron chi connectivity index (χ0n) is 18.6. The molecule has 1 aromatic carbocycles. The number of benzene rings is 1. The Hall–Kier alpha value is -3.69. The SMILES string of the molecule is COC(=O)c1cc2cc(-c3cc4c(-c5cnn(C6CCNCC6)c5)cnc(N)c4o3)ccc2s1. The number of aromatic nitrogens is 3. The van der Waals surface area contributed by atoms with E-state index in [-0.39, 0.29) is 5.97 Å². The standard InChI is InChI=1S/C25H23N5O3S/c1-32-25(31)22-9-15-8-14(2-3-21(15)34-22)20-10-18-19(12-28-24(26)23(18)33-20)16-11-29-30(13-16)17-4-6-27-7-5-17/h2-3,8-13,17,27H,4-7H2,1H3,(H2,26,28). The van der Waals surface area contributed by atoms with Gasteiger partial charge in [0.25, 0.3) is 0 Å². The normalized spacial score (nSPS) is 14.7. The smallest absolute Gasteiger partial charge is 0.348 e. The molecule has 0 atom stereocenters. The summed E-state index contributed by atoms with van der Waals surface area (Å²) in [7, 11) is 1.39. The van der Waals surface area contributed by atoms with Gasteiger partial charge in [-0.2, -0.15) is 5.10 Å². The second-order valence-electron chi connectivity index (χ2n) is 8.46. The molecule has 0 unspecified atom stereocenters. The number of thiophene rings is 1. The lowest BCUT2D eigenvalue weighted by Gasteiger charge is -2.22. The van der Waals surface area contributed by atoms with Crippen LogP contribution < -0.4 is 11.1 Å². The fraction of sp³-hybridized carbons (Fsp3) is 0.240. The Morgan fingerprint density at radius 3 is 2.88 bits per heavy atom. The molecular formula is C25H23N5O3S. The maximum absolute atomic E-state index is 11.9. The highest BCUT2D eigenvalue weighted by Crippen LogP contribution is 2.38.